The van der Waals surface area contributed by atoms with E-state index >= 15 is 0 Å². The zero-order valence-electron chi connectivity index (χ0n) is 11.2. The molecular weight excluding hydrogens is 244 g/mol. The Balaban J connectivity index is 1.89. The molecule has 0 aromatic heterocycles. The number of hydrogen-bond donors (Lipinski definition) is 1. The topological polar surface area (TPSA) is 61.6 Å². The van der Waals surface area contributed by atoms with Crippen molar-refractivity contribution in [1.82, 2.24) is 10.2 Å². The number of nitrogens with zero attached hydrogens (tertiary/aromatic N) is 3. The highest BCUT2D eigenvalue weighted by Gasteiger charge is 2.12. The summed E-state index contributed by atoms with van der Waals surface area (Å²) in [5, 5.41) is 14.1. The van der Waals surface area contributed by atoms with Gasteiger partial charge in [-0.05, 0) is 6.07 Å². The Morgan fingerprint density at radius 1 is 1.42 bits per heavy atom. The van der Waals surface area contributed by atoms with Crippen LogP contribution in [0.4, 0.5) is 11.4 Å². The molecule has 1 fully saturated rings. The van der Waals surface area contributed by atoms with Crippen LogP contribution in [0, 0.1) is 10.1 Å². The summed E-state index contributed by atoms with van der Waals surface area (Å²) in [5.74, 6) is 0. The average molecular weight is 264 g/mol. The van der Waals surface area contributed by atoms with Crippen molar-refractivity contribution in [2.75, 3.05) is 51.2 Å². The van der Waals surface area contributed by atoms with Gasteiger partial charge >= 0.3 is 0 Å². The van der Waals surface area contributed by atoms with Crippen LogP contribution in [0.1, 0.15) is 0 Å². The van der Waals surface area contributed by atoms with Gasteiger partial charge in [0.15, 0.2) is 0 Å². The lowest BCUT2D eigenvalue weighted by molar-refractivity contribution is -0.384. The fourth-order valence-corrected chi connectivity index (χ4v) is 2.20. The van der Waals surface area contributed by atoms with Crippen molar-refractivity contribution < 1.29 is 4.92 Å². The Bertz CT molecular complexity index is 432. The molecule has 0 saturated carbocycles. The Morgan fingerprint density at radius 2 is 2.16 bits per heavy atom. The molecule has 1 heterocycles. The Kier molecular flexibility index (Phi) is 4.70. The minimum absolute atomic E-state index is 0.145. The SMILES string of the molecule is CN(CCN1CCNCC1)c1cccc([N+](=O)[O-])c1. The zero-order valence-corrected chi connectivity index (χ0v) is 11.2. The van der Waals surface area contributed by atoms with Crippen LogP contribution >= 0.6 is 0 Å². The lowest BCUT2D eigenvalue weighted by atomic mass is 10.2. The largest absolute Gasteiger partial charge is 0.373 e. The van der Waals surface area contributed by atoms with E-state index in [2.05, 4.69) is 15.1 Å². The van der Waals surface area contributed by atoms with Crippen LogP contribution in [-0.4, -0.2) is 56.1 Å². The van der Waals surface area contributed by atoms with Gasteiger partial charge in [-0.2, -0.15) is 0 Å². The summed E-state index contributed by atoms with van der Waals surface area (Å²) in [4.78, 5) is 14.9. The first kappa shape index (κ1) is 13.8. The van der Waals surface area contributed by atoms with Crippen molar-refractivity contribution in [3.63, 3.8) is 0 Å². The van der Waals surface area contributed by atoms with Gasteiger partial charge in [0.2, 0.25) is 0 Å². The molecule has 104 valence electrons. The van der Waals surface area contributed by atoms with Gasteiger partial charge in [0.25, 0.3) is 5.69 Å². The van der Waals surface area contributed by atoms with Gasteiger partial charge < -0.3 is 10.2 Å². The maximum Gasteiger partial charge on any atom is 0.271 e. The monoisotopic (exact) mass is 264 g/mol. The normalized spacial score (nSPS) is 16.3. The summed E-state index contributed by atoms with van der Waals surface area (Å²) in [6, 6.07) is 6.78. The molecule has 1 N–H and O–H groups in total. The summed E-state index contributed by atoms with van der Waals surface area (Å²) in [6.07, 6.45) is 0. The van der Waals surface area contributed by atoms with E-state index in [1.807, 2.05) is 13.1 Å². The van der Waals surface area contributed by atoms with Crippen LogP contribution in [0.25, 0.3) is 0 Å². The van der Waals surface area contributed by atoms with Gasteiger partial charge in [-0.15, -0.1) is 0 Å². The second-order valence-corrected chi connectivity index (χ2v) is 4.79. The van der Waals surface area contributed by atoms with Gasteiger partial charge in [0.1, 0.15) is 0 Å². The maximum atomic E-state index is 10.8. The quantitative estimate of drug-likeness (QED) is 0.633. The molecule has 1 saturated heterocycles. The number of non-ortho nitro benzene ring substituents is 1. The van der Waals surface area contributed by atoms with Crippen LogP contribution in [0.2, 0.25) is 0 Å². The number of nitro benzene ring substituents is 1. The van der Waals surface area contributed by atoms with E-state index in [9.17, 15) is 10.1 Å². The minimum atomic E-state index is -0.354. The average Bonchev–Trinajstić information content (AvgIpc) is 2.46. The number of nitrogens with one attached hydrogen (secondary N) is 1. The molecule has 19 heavy (non-hydrogen) atoms. The van der Waals surface area contributed by atoms with Crippen LogP contribution in [0.5, 0.6) is 0 Å². The zero-order chi connectivity index (χ0) is 13.7. The molecule has 1 aliphatic heterocycles. The van der Waals surface area contributed by atoms with E-state index in [0.29, 0.717) is 0 Å². The fourth-order valence-electron chi connectivity index (χ4n) is 2.20. The summed E-state index contributed by atoms with van der Waals surface area (Å²) in [5.41, 5.74) is 1.04. The van der Waals surface area contributed by atoms with Gasteiger partial charge in [0, 0.05) is 64.1 Å². The summed E-state index contributed by atoms with van der Waals surface area (Å²) < 4.78 is 0. The van der Waals surface area contributed by atoms with Gasteiger partial charge in [-0.3, -0.25) is 15.0 Å². The van der Waals surface area contributed by atoms with Crippen LogP contribution in [-0.2, 0) is 0 Å². The van der Waals surface area contributed by atoms with Gasteiger partial charge in [-0.1, -0.05) is 6.07 Å². The summed E-state index contributed by atoms with van der Waals surface area (Å²) in [6.45, 7) is 6.09. The van der Waals surface area contributed by atoms with E-state index in [1.54, 1.807) is 12.1 Å². The highest BCUT2D eigenvalue weighted by molar-refractivity contribution is 5.52. The first-order valence-corrected chi connectivity index (χ1v) is 6.55. The third-order valence-electron chi connectivity index (χ3n) is 3.44. The smallest absolute Gasteiger partial charge is 0.271 e. The molecule has 0 unspecified atom stereocenters. The number of benzene rings is 1. The Morgan fingerprint density at radius 3 is 2.84 bits per heavy atom. The standard InChI is InChI=1S/C13H20N4O2/c1-15(9-10-16-7-5-14-6-8-16)12-3-2-4-13(11-12)17(18)19/h2-4,11,14H,5-10H2,1H3. The molecule has 0 atom stereocenters. The molecule has 6 nitrogen and oxygen atoms in total. The summed E-state index contributed by atoms with van der Waals surface area (Å²) in [7, 11) is 1.97. The molecule has 6 heteroatoms. The second-order valence-electron chi connectivity index (χ2n) is 4.79. The highest BCUT2D eigenvalue weighted by Crippen LogP contribution is 2.19. The van der Waals surface area contributed by atoms with Crippen molar-refractivity contribution in [2.45, 2.75) is 0 Å². The predicted octanol–water partition coefficient (Wildman–Crippen LogP) is 0.936. The lowest BCUT2D eigenvalue weighted by Gasteiger charge is -2.29. The van der Waals surface area contributed by atoms with Crippen molar-refractivity contribution in [2.24, 2.45) is 0 Å². The van der Waals surface area contributed by atoms with Gasteiger partial charge in [-0.25, -0.2) is 0 Å². The molecule has 1 aromatic rings. The molecule has 1 aliphatic rings. The fraction of sp³-hybridized carbons (Fsp3) is 0.538. The van der Waals surface area contributed by atoms with Crippen LogP contribution < -0.4 is 10.2 Å². The third-order valence-corrected chi connectivity index (χ3v) is 3.44. The molecule has 0 radical (unpaired) electrons. The van der Waals surface area contributed by atoms with E-state index in [4.69, 9.17) is 0 Å². The highest BCUT2D eigenvalue weighted by atomic mass is 16.6. The van der Waals surface area contributed by atoms with Crippen LogP contribution in [0.15, 0.2) is 24.3 Å². The number of rotatable bonds is 5. The first-order valence-electron chi connectivity index (χ1n) is 6.55. The van der Waals surface area contributed by atoms with Crippen molar-refractivity contribution >= 4 is 11.4 Å². The van der Waals surface area contributed by atoms with Crippen LogP contribution in [0.3, 0.4) is 0 Å². The molecular formula is C13H20N4O2. The third kappa shape index (κ3) is 3.90. The lowest BCUT2D eigenvalue weighted by Crippen LogP contribution is -2.46. The second kappa shape index (κ2) is 6.49. The molecule has 0 aliphatic carbocycles. The van der Waals surface area contributed by atoms with Crippen molar-refractivity contribution in [1.29, 1.82) is 0 Å². The minimum Gasteiger partial charge on any atom is -0.373 e. The van der Waals surface area contributed by atoms with E-state index in [1.165, 1.54) is 6.07 Å². The predicted molar refractivity (Wildman–Crippen MR) is 75.7 cm³/mol. The van der Waals surface area contributed by atoms with E-state index in [0.717, 1.165) is 45.0 Å². The molecule has 0 spiro atoms. The number of anilines is 1. The molecule has 0 amide bonds. The molecule has 2 rings (SSSR count). The van der Waals surface area contributed by atoms with Gasteiger partial charge in [0.05, 0.1) is 4.92 Å². The van der Waals surface area contributed by atoms with Crippen molar-refractivity contribution in [3.8, 4) is 0 Å². The number of likely N-dealkylation sites (N-methyl/N-ethyl adjacent to an activating group) is 1. The maximum absolute atomic E-state index is 10.8. The molecule has 0 bridgehead atoms. The van der Waals surface area contributed by atoms with E-state index < -0.39 is 0 Å². The number of nitro groups is 1. The Hall–Kier alpha value is -1.66. The number of hydrogen-bond acceptors (Lipinski definition) is 5. The number of piperazine rings is 1. The molecule has 1 aromatic carbocycles. The Labute approximate surface area is 113 Å². The first-order chi connectivity index (χ1) is 9.16. The summed E-state index contributed by atoms with van der Waals surface area (Å²) >= 11 is 0. The van der Waals surface area contributed by atoms with Crippen molar-refractivity contribution in [3.05, 3.63) is 34.4 Å². The van der Waals surface area contributed by atoms with E-state index in [-0.39, 0.29) is 10.6 Å².